The van der Waals surface area contributed by atoms with Crippen molar-refractivity contribution in [2.45, 2.75) is 25.0 Å². The van der Waals surface area contributed by atoms with Crippen LogP contribution in [0.1, 0.15) is 12.8 Å². The van der Waals surface area contributed by atoms with Gasteiger partial charge in [0.15, 0.2) is 0 Å². The van der Waals surface area contributed by atoms with E-state index in [2.05, 4.69) is 5.32 Å². The molecule has 0 radical (unpaired) electrons. The number of hydrogen-bond donors (Lipinski definition) is 2. The second kappa shape index (κ2) is 5.18. The van der Waals surface area contributed by atoms with E-state index in [4.69, 9.17) is 0 Å². The average molecular weight is 230 g/mol. The zero-order valence-electron chi connectivity index (χ0n) is 8.82. The van der Waals surface area contributed by atoms with Crippen LogP contribution in [0.3, 0.4) is 0 Å². The van der Waals surface area contributed by atoms with Crippen LogP contribution in [0.15, 0.2) is 0 Å². The minimum atomic E-state index is -0.206. The summed E-state index contributed by atoms with van der Waals surface area (Å²) >= 11 is 1.84. The van der Waals surface area contributed by atoms with Crippen molar-refractivity contribution in [1.29, 1.82) is 0 Å². The quantitative estimate of drug-likeness (QED) is 0.648. The Hall–Kier alpha value is -0.260. The van der Waals surface area contributed by atoms with E-state index in [1.54, 1.807) is 0 Å². The van der Waals surface area contributed by atoms with Crippen molar-refractivity contribution < 1.29 is 9.90 Å². The molecule has 2 fully saturated rings. The molecule has 2 rings (SSSR count). The predicted molar refractivity (Wildman–Crippen MR) is 60.9 cm³/mol. The summed E-state index contributed by atoms with van der Waals surface area (Å²) in [5, 5.41) is 12.6. The maximum Gasteiger partial charge on any atom is 0.240 e. The van der Waals surface area contributed by atoms with Crippen molar-refractivity contribution in [2.75, 3.05) is 31.1 Å². The summed E-state index contributed by atoms with van der Waals surface area (Å²) in [5.74, 6) is 2.20. The Morgan fingerprint density at radius 1 is 1.40 bits per heavy atom. The molecule has 2 heterocycles. The van der Waals surface area contributed by atoms with Crippen LogP contribution >= 0.6 is 11.8 Å². The predicted octanol–water partition coefficient (Wildman–Crippen LogP) is -0.325. The molecule has 2 aliphatic heterocycles. The summed E-state index contributed by atoms with van der Waals surface area (Å²) in [4.78, 5) is 13.9. The number of nitrogens with one attached hydrogen (secondary N) is 1. The first-order valence-electron chi connectivity index (χ1n) is 5.55. The van der Waals surface area contributed by atoms with Gasteiger partial charge in [0.1, 0.15) is 0 Å². The van der Waals surface area contributed by atoms with E-state index in [0.717, 1.165) is 30.9 Å². The first kappa shape index (κ1) is 11.2. The molecular weight excluding hydrogens is 212 g/mol. The minimum Gasteiger partial charge on any atom is -0.393 e. The van der Waals surface area contributed by atoms with Gasteiger partial charge >= 0.3 is 0 Å². The van der Waals surface area contributed by atoms with Crippen molar-refractivity contribution in [3.05, 3.63) is 0 Å². The number of aliphatic hydroxyl groups excluding tert-OH is 1. The number of aliphatic hydroxyl groups is 1. The van der Waals surface area contributed by atoms with Gasteiger partial charge < -0.3 is 15.3 Å². The van der Waals surface area contributed by atoms with E-state index in [-0.39, 0.29) is 18.1 Å². The fourth-order valence-electron chi connectivity index (χ4n) is 2.03. The third-order valence-corrected chi connectivity index (χ3v) is 4.06. The highest BCUT2D eigenvalue weighted by atomic mass is 32.2. The molecule has 1 atom stereocenters. The lowest BCUT2D eigenvalue weighted by Crippen LogP contribution is -2.52. The van der Waals surface area contributed by atoms with Gasteiger partial charge in [-0.1, -0.05) is 0 Å². The summed E-state index contributed by atoms with van der Waals surface area (Å²) < 4.78 is 0. The number of carbonyl (C=O) groups is 1. The Morgan fingerprint density at radius 3 is 2.73 bits per heavy atom. The highest BCUT2D eigenvalue weighted by molar-refractivity contribution is 7.99. The maximum absolute atomic E-state index is 12.0. The molecule has 5 heteroatoms. The number of thioether (sulfide) groups is 1. The fourth-order valence-corrected chi connectivity index (χ4v) is 2.96. The van der Waals surface area contributed by atoms with Gasteiger partial charge in [-0.15, -0.1) is 0 Å². The molecule has 4 nitrogen and oxygen atoms in total. The van der Waals surface area contributed by atoms with Crippen LogP contribution in [-0.4, -0.2) is 59.2 Å². The molecular formula is C10H18N2O2S. The first-order valence-corrected chi connectivity index (χ1v) is 6.71. The van der Waals surface area contributed by atoms with E-state index in [1.165, 1.54) is 0 Å². The van der Waals surface area contributed by atoms with Crippen LogP contribution in [0, 0.1) is 0 Å². The van der Waals surface area contributed by atoms with Crippen LogP contribution in [0.25, 0.3) is 0 Å². The normalized spacial score (nSPS) is 29.1. The second-order valence-corrected chi connectivity index (χ2v) is 5.29. The van der Waals surface area contributed by atoms with E-state index in [1.807, 2.05) is 16.7 Å². The Labute approximate surface area is 94.4 Å². The molecule has 0 aromatic heterocycles. The van der Waals surface area contributed by atoms with Crippen molar-refractivity contribution in [3.8, 4) is 0 Å². The molecule has 0 saturated carbocycles. The highest BCUT2D eigenvalue weighted by Crippen LogP contribution is 2.14. The topological polar surface area (TPSA) is 52.6 Å². The Morgan fingerprint density at radius 2 is 2.13 bits per heavy atom. The first-order chi connectivity index (χ1) is 7.27. The van der Waals surface area contributed by atoms with Gasteiger partial charge in [0.05, 0.1) is 12.1 Å². The van der Waals surface area contributed by atoms with Crippen LogP contribution in [-0.2, 0) is 4.79 Å². The molecule has 86 valence electrons. The zero-order chi connectivity index (χ0) is 10.7. The summed E-state index contributed by atoms with van der Waals surface area (Å²) in [5.41, 5.74) is 0. The van der Waals surface area contributed by atoms with Crippen LogP contribution in [0.2, 0.25) is 0 Å². The van der Waals surface area contributed by atoms with E-state index in [9.17, 15) is 9.90 Å². The molecule has 0 spiro atoms. The smallest absolute Gasteiger partial charge is 0.240 e. The number of amides is 1. The Kier molecular flexibility index (Phi) is 3.88. The molecule has 2 aliphatic rings. The van der Waals surface area contributed by atoms with Gasteiger partial charge in [0.2, 0.25) is 5.91 Å². The standard InChI is InChI=1S/C10H18N2O2S/c13-8-1-4-12(5-2-8)10(14)9-7-15-6-3-11-9/h8-9,11,13H,1-7H2. The van der Waals surface area contributed by atoms with Gasteiger partial charge in [0.25, 0.3) is 0 Å². The van der Waals surface area contributed by atoms with Crippen LogP contribution < -0.4 is 5.32 Å². The molecule has 0 aromatic carbocycles. The molecule has 2 N–H and O–H groups in total. The Balaban J connectivity index is 1.84. The van der Waals surface area contributed by atoms with E-state index in [0.29, 0.717) is 13.1 Å². The number of nitrogens with zero attached hydrogens (tertiary/aromatic N) is 1. The van der Waals surface area contributed by atoms with Crippen molar-refractivity contribution in [1.82, 2.24) is 10.2 Å². The van der Waals surface area contributed by atoms with Crippen LogP contribution in [0.4, 0.5) is 0 Å². The van der Waals surface area contributed by atoms with Crippen molar-refractivity contribution >= 4 is 17.7 Å². The SMILES string of the molecule is O=C(C1CSCCN1)N1CCC(O)CC1. The fraction of sp³-hybridized carbons (Fsp3) is 0.900. The number of carbonyl (C=O) groups excluding carboxylic acids is 1. The van der Waals surface area contributed by atoms with Crippen molar-refractivity contribution in [3.63, 3.8) is 0 Å². The van der Waals surface area contributed by atoms with Gasteiger partial charge in [-0.25, -0.2) is 0 Å². The summed E-state index contributed by atoms with van der Waals surface area (Å²) in [6.07, 6.45) is 1.25. The number of hydrogen-bond acceptors (Lipinski definition) is 4. The summed E-state index contributed by atoms with van der Waals surface area (Å²) in [6, 6.07) is -0.000933. The average Bonchev–Trinajstić information content (AvgIpc) is 2.30. The molecule has 2 saturated heterocycles. The molecule has 0 aliphatic carbocycles. The third kappa shape index (κ3) is 2.86. The second-order valence-electron chi connectivity index (χ2n) is 4.14. The Bertz CT molecular complexity index is 223. The largest absolute Gasteiger partial charge is 0.393 e. The summed E-state index contributed by atoms with van der Waals surface area (Å²) in [6.45, 7) is 2.35. The van der Waals surface area contributed by atoms with Gasteiger partial charge in [-0.3, -0.25) is 4.79 Å². The van der Waals surface area contributed by atoms with Gasteiger partial charge in [-0.2, -0.15) is 11.8 Å². The zero-order valence-corrected chi connectivity index (χ0v) is 9.63. The van der Waals surface area contributed by atoms with Gasteiger partial charge in [0, 0.05) is 31.1 Å². The third-order valence-electron chi connectivity index (χ3n) is 3.00. The van der Waals surface area contributed by atoms with E-state index >= 15 is 0 Å². The molecule has 1 amide bonds. The molecule has 15 heavy (non-hydrogen) atoms. The number of likely N-dealkylation sites (tertiary alicyclic amines) is 1. The van der Waals surface area contributed by atoms with Gasteiger partial charge in [-0.05, 0) is 12.8 Å². The van der Waals surface area contributed by atoms with E-state index < -0.39 is 0 Å². The number of rotatable bonds is 1. The lowest BCUT2D eigenvalue weighted by atomic mass is 10.1. The minimum absolute atomic E-state index is 0.000933. The van der Waals surface area contributed by atoms with Crippen LogP contribution in [0.5, 0.6) is 0 Å². The number of piperidine rings is 1. The lowest BCUT2D eigenvalue weighted by molar-refractivity contribution is -0.134. The molecule has 0 bridgehead atoms. The summed E-state index contributed by atoms with van der Waals surface area (Å²) in [7, 11) is 0. The lowest BCUT2D eigenvalue weighted by Gasteiger charge is -2.33. The monoisotopic (exact) mass is 230 g/mol. The maximum atomic E-state index is 12.0. The highest BCUT2D eigenvalue weighted by Gasteiger charge is 2.28. The van der Waals surface area contributed by atoms with Crippen molar-refractivity contribution in [2.24, 2.45) is 0 Å². The molecule has 1 unspecified atom stereocenters. The molecule has 0 aromatic rings.